The van der Waals surface area contributed by atoms with E-state index < -0.39 is 65.2 Å². The van der Waals surface area contributed by atoms with Crippen molar-refractivity contribution in [2.75, 3.05) is 55.7 Å². The monoisotopic (exact) mass is 702 g/mol. The number of nitrogens with zero attached hydrogens (tertiary/aromatic N) is 4. The van der Waals surface area contributed by atoms with Gasteiger partial charge in [-0.2, -0.15) is 13.2 Å². The van der Waals surface area contributed by atoms with Crippen molar-refractivity contribution >= 4 is 44.8 Å². The summed E-state index contributed by atoms with van der Waals surface area (Å²) < 4.78 is 104. The Labute approximate surface area is 275 Å². The molecule has 3 aromatic rings. The summed E-state index contributed by atoms with van der Waals surface area (Å²) >= 11 is 1.11. The highest BCUT2D eigenvalue weighted by Crippen LogP contribution is 2.50. The minimum atomic E-state index is -4.77. The molecule has 48 heavy (non-hydrogen) atoms. The van der Waals surface area contributed by atoms with Gasteiger partial charge >= 0.3 is 12.1 Å². The third-order valence-electron chi connectivity index (χ3n) is 9.93. The molecule has 1 N–H and O–H groups in total. The Balaban J connectivity index is 1.24. The van der Waals surface area contributed by atoms with Gasteiger partial charge in [-0.1, -0.05) is 12.1 Å². The molecule has 8 nitrogen and oxygen atoms in total. The second-order valence-electron chi connectivity index (χ2n) is 13.4. The number of carboxylic acids is 1. The lowest BCUT2D eigenvalue weighted by molar-refractivity contribution is -0.223. The Hall–Kier alpha value is -3.66. The maximum atomic E-state index is 14.6. The number of thiazole rings is 1. The lowest BCUT2D eigenvalue weighted by atomic mass is 9.70. The molecule has 0 saturated carbocycles. The number of halogens is 7. The van der Waals surface area contributed by atoms with Crippen molar-refractivity contribution in [2.45, 2.75) is 45.4 Å². The standard InChI is InChI=1S/C32H33F7N4O4S/c1-29(2,32(37,38)39)28(46)43-15-30(16-43)14-42(22-10-20(33)24(34)25-26(22)48-17-40-25)11-19(30)13-47-12-18-4-3-5-21(23(18)27(44)45)41-8-6-31(35,36)7-9-41/h3-5,10,17,19H,6-9,11-16H2,1-2H3,(H,44,45)/t19-/m0/s1. The zero-order valence-electron chi connectivity index (χ0n) is 26.0. The average Bonchev–Trinajstić information content (AvgIpc) is 3.63. The van der Waals surface area contributed by atoms with Crippen molar-refractivity contribution in [3.05, 3.63) is 52.5 Å². The van der Waals surface area contributed by atoms with E-state index in [1.54, 1.807) is 28.0 Å². The fourth-order valence-corrected chi connectivity index (χ4v) is 7.79. The van der Waals surface area contributed by atoms with Crippen LogP contribution in [-0.4, -0.2) is 84.8 Å². The number of hydrogen-bond acceptors (Lipinski definition) is 7. The van der Waals surface area contributed by atoms with Gasteiger partial charge in [0.1, 0.15) is 10.9 Å². The number of alkyl halides is 5. The lowest BCUT2D eigenvalue weighted by Crippen LogP contribution is -2.66. The van der Waals surface area contributed by atoms with Crippen LogP contribution in [0.3, 0.4) is 0 Å². The first-order valence-electron chi connectivity index (χ1n) is 15.3. The van der Waals surface area contributed by atoms with Gasteiger partial charge in [0.05, 0.1) is 40.4 Å². The first-order valence-corrected chi connectivity index (χ1v) is 16.2. The molecule has 1 aromatic heterocycles. The van der Waals surface area contributed by atoms with Crippen LogP contribution < -0.4 is 9.80 Å². The molecule has 1 amide bonds. The summed E-state index contributed by atoms with van der Waals surface area (Å²) in [4.78, 5) is 33.8. The molecule has 3 aliphatic heterocycles. The number of piperidine rings is 1. The van der Waals surface area contributed by atoms with E-state index in [1.165, 1.54) is 5.51 Å². The van der Waals surface area contributed by atoms with E-state index in [9.17, 15) is 45.4 Å². The summed E-state index contributed by atoms with van der Waals surface area (Å²) in [6.07, 6.45) is -5.58. The van der Waals surface area contributed by atoms with Gasteiger partial charge in [0.2, 0.25) is 5.91 Å². The normalized spacial score (nSPS) is 20.9. The highest BCUT2D eigenvalue weighted by Gasteiger charge is 2.61. The molecule has 16 heteroatoms. The van der Waals surface area contributed by atoms with Gasteiger partial charge in [-0.05, 0) is 25.5 Å². The molecule has 0 unspecified atom stereocenters. The Morgan fingerprint density at radius 1 is 1.06 bits per heavy atom. The summed E-state index contributed by atoms with van der Waals surface area (Å²) in [5.41, 5.74) is -1.22. The molecule has 260 valence electrons. The van der Waals surface area contributed by atoms with Crippen LogP contribution in [0.2, 0.25) is 0 Å². The van der Waals surface area contributed by atoms with Crippen LogP contribution in [0.1, 0.15) is 42.6 Å². The number of amides is 1. The van der Waals surface area contributed by atoms with Crippen LogP contribution in [0.4, 0.5) is 42.1 Å². The van der Waals surface area contributed by atoms with Crippen LogP contribution in [-0.2, 0) is 16.1 Å². The lowest BCUT2D eigenvalue weighted by Gasteiger charge is -2.52. The van der Waals surface area contributed by atoms with Crippen molar-refractivity contribution in [1.82, 2.24) is 9.88 Å². The van der Waals surface area contributed by atoms with Gasteiger partial charge in [0, 0.05) is 69.5 Å². The van der Waals surface area contributed by atoms with Crippen molar-refractivity contribution < 1.29 is 50.2 Å². The van der Waals surface area contributed by atoms with Gasteiger partial charge in [-0.15, -0.1) is 11.3 Å². The number of aromatic carboxylic acids is 1. The third kappa shape index (κ3) is 5.94. The molecule has 3 fully saturated rings. The Bertz CT molecular complexity index is 1730. The van der Waals surface area contributed by atoms with Crippen LogP contribution >= 0.6 is 11.3 Å². The number of carboxylic acid groups (broad SMARTS) is 1. The van der Waals surface area contributed by atoms with E-state index in [-0.39, 0.29) is 63.6 Å². The number of likely N-dealkylation sites (tertiary alicyclic amines) is 1. The second-order valence-corrected chi connectivity index (χ2v) is 14.3. The molecule has 1 spiro atoms. The van der Waals surface area contributed by atoms with Gasteiger partial charge in [0.25, 0.3) is 5.92 Å². The topological polar surface area (TPSA) is 86.2 Å². The molecular formula is C32H33F7N4O4S. The minimum Gasteiger partial charge on any atom is -0.478 e. The third-order valence-corrected chi connectivity index (χ3v) is 10.8. The minimum absolute atomic E-state index is 0.00985. The quantitative estimate of drug-likeness (QED) is 0.266. The van der Waals surface area contributed by atoms with Crippen LogP contribution in [0.25, 0.3) is 10.2 Å². The van der Waals surface area contributed by atoms with E-state index in [4.69, 9.17) is 4.74 Å². The SMILES string of the molecule is CC(C)(C(=O)N1CC2(C1)CN(c1cc(F)c(F)c3ncsc13)C[C@H]2COCc1cccc(N2CCC(F)(F)CC2)c1C(=O)O)C(F)(F)F. The molecule has 0 radical (unpaired) electrons. The Morgan fingerprint density at radius 2 is 1.75 bits per heavy atom. The zero-order valence-corrected chi connectivity index (χ0v) is 26.9. The molecule has 3 saturated heterocycles. The maximum absolute atomic E-state index is 14.6. The molecule has 3 aliphatic rings. The number of anilines is 2. The Kier molecular flexibility index (Phi) is 8.58. The van der Waals surface area contributed by atoms with E-state index in [1.807, 2.05) is 0 Å². The van der Waals surface area contributed by atoms with Crippen LogP contribution in [0.5, 0.6) is 0 Å². The van der Waals surface area contributed by atoms with Gasteiger partial charge in [0.15, 0.2) is 11.6 Å². The van der Waals surface area contributed by atoms with Crippen molar-refractivity contribution in [2.24, 2.45) is 16.7 Å². The number of carbonyl (C=O) groups excluding carboxylic acids is 1. The predicted octanol–water partition coefficient (Wildman–Crippen LogP) is 6.58. The summed E-state index contributed by atoms with van der Waals surface area (Å²) in [6.45, 7) is 1.85. The number of benzene rings is 2. The Morgan fingerprint density at radius 3 is 2.40 bits per heavy atom. The van der Waals surface area contributed by atoms with Gasteiger partial charge < -0.3 is 24.5 Å². The smallest absolute Gasteiger partial charge is 0.402 e. The summed E-state index contributed by atoms with van der Waals surface area (Å²) in [7, 11) is 0. The zero-order chi connectivity index (χ0) is 34.8. The van der Waals surface area contributed by atoms with Gasteiger partial charge in [-0.3, -0.25) is 4.79 Å². The second kappa shape index (κ2) is 12.0. The number of fused-ring (bicyclic) bond motifs is 1. The molecule has 2 aromatic carbocycles. The fraction of sp³-hybridized carbons (Fsp3) is 0.531. The number of rotatable bonds is 8. The fourth-order valence-electron chi connectivity index (χ4n) is 6.96. The molecule has 4 heterocycles. The maximum Gasteiger partial charge on any atom is 0.402 e. The van der Waals surface area contributed by atoms with E-state index in [0.29, 0.717) is 21.6 Å². The van der Waals surface area contributed by atoms with Crippen LogP contribution in [0.15, 0.2) is 29.8 Å². The van der Waals surface area contributed by atoms with E-state index in [2.05, 4.69) is 4.98 Å². The van der Waals surface area contributed by atoms with E-state index >= 15 is 0 Å². The summed E-state index contributed by atoms with van der Waals surface area (Å²) in [6, 6.07) is 5.80. The van der Waals surface area contributed by atoms with Crippen LogP contribution in [0, 0.1) is 28.4 Å². The number of hydrogen-bond donors (Lipinski definition) is 1. The highest BCUT2D eigenvalue weighted by atomic mass is 32.1. The van der Waals surface area contributed by atoms with Crippen molar-refractivity contribution in [3.8, 4) is 0 Å². The van der Waals surface area contributed by atoms with Crippen molar-refractivity contribution in [3.63, 3.8) is 0 Å². The highest BCUT2D eigenvalue weighted by molar-refractivity contribution is 7.17. The molecule has 6 rings (SSSR count). The first kappa shape index (κ1) is 34.2. The van der Waals surface area contributed by atoms with Crippen molar-refractivity contribution in [1.29, 1.82) is 0 Å². The average molecular weight is 703 g/mol. The number of aromatic nitrogens is 1. The molecule has 0 aliphatic carbocycles. The first-order chi connectivity index (χ1) is 22.4. The number of ether oxygens (including phenoxy) is 1. The predicted molar refractivity (Wildman–Crippen MR) is 164 cm³/mol. The number of carbonyl (C=O) groups is 2. The molecule has 1 atom stereocenters. The molecular weight excluding hydrogens is 669 g/mol. The molecule has 0 bridgehead atoms. The van der Waals surface area contributed by atoms with Gasteiger partial charge in [-0.25, -0.2) is 27.3 Å². The van der Waals surface area contributed by atoms with E-state index in [0.717, 1.165) is 36.2 Å². The summed E-state index contributed by atoms with van der Waals surface area (Å²) in [5, 5.41) is 10.1. The summed E-state index contributed by atoms with van der Waals surface area (Å²) in [5.74, 6) is -7.73. The largest absolute Gasteiger partial charge is 0.478 e.